The Bertz CT molecular complexity index is 410. The first-order valence-electron chi connectivity index (χ1n) is 5.01. The first kappa shape index (κ1) is 7.98. The average Bonchev–Trinajstić information content (AvgIpc) is 2.49. The maximum absolute atomic E-state index is 4.54. The van der Waals surface area contributed by atoms with Crippen LogP contribution in [-0.4, -0.2) is 6.21 Å². The van der Waals surface area contributed by atoms with Crippen molar-refractivity contribution in [1.82, 2.24) is 0 Å². The summed E-state index contributed by atoms with van der Waals surface area (Å²) in [4.78, 5) is 4.54. The standard InChI is InChI=1S/C13H13N/c1-12-8-7-10-5-3-4-6-11(14-9-12)13(10,12)2/h3-9H,1-2H3. The van der Waals surface area contributed by atoms with Gasteiger partial charge in [0.2, 0.25) is 0 Å². The molecule has 0 fully saturated rings. The van der Waals surface area contributed by atoms with Gasteiger partial charge in [-0.15, -0.1) is 0 Å². The minimum Gasteiger partial charge on any atom is -0.264 e. The van der Waals surface area contributed by atoms with Gasteiger partial charge in [-0.3, -0.25) is 4.99 Å². The van der Waals surface area contributed by atoms with Gasteiger partial charge in [-0.05, 0) is 25.5 Å². The van der Waals surface area contributed by atoms with Crippen LogP contribution in [0.15, 0.2) is 52.7 Å². The predicted molar refractivity (Wildman–Crippen MR) is 59.2 cm³/mol. The molecule has 0 saturated heterocycles. The Labute approximate surface area is 84.2 Å². The van der Waals surface area contributed by atoms with Crippen LogP contribution < -0.4 is 0 Å². The highest BCUT2D eigenvalue weighted by Gasteiger charge is 2.53. The largest absolute Gasteiger partial charge is 0.264 e. The number of aliphatic imine (C=N–C) groups is 1. The highest BCUT2D eigenvalue weighted by molar-refractivity contribution is 5.81. The van der Waals surface area contributed by atoms with E-state index < -0.39 is 0 Å². The van der Waals surface area contributed by atoms with Crippen molar-refractivity contribution < 1.29 is 0 Å². The molecule has 1 heteroatoms. The smallest absolute Gasteiger partial charge is 0.0515 e. The highest BCUT2D eigenvalue weighted by Crippen LogP contribution is 2.58. The van der Waals surface area contributed by atoms with Crippen LogP contribution in [0.25, 0.3) is 0 Å². The SMILES string of the molecule is CC12C=CC3=CC=CC=C(N=C1)C32C. The summed E-state index contributed by atoms with van der Waals surface area (Å²) in [7, 11) is 0. The second-order valence-corrected chi connectivity index (χ2v) is 4.56. The molecule has 1 aliphatic heterocycles. The van der Waals surface area contributed by atoms with E-state index in [4.69, 9.17) is 0 Å². The molecule has 0 radical (unpaired) electrons. The van der Waals surface area contributed by atoms with Gasteiger partial charge in [0, 0.05) is 17.0 Å². The Hall–Kier alpha value is -1.37. The molecule has 0 aromatic rings. The molecule has 0 N–H and O–H groups in total. The molecule has 3 aliphatic rings. The molecule has 1 heterocycles. The molecular formula is C13H13N. The molecule has 1 nitrogen and oxygen atoms in total. The Morgan fingerprint density at radius 1 is 1.14 bits per heavy atom. The van der Waals surface area contributed by atoms with E-state index in [1.807, 2.05) is 0 Å². The van der Waals surface area contributed by atoms with Crippen LogP contribution in [-0.2, 0) is 0 Å². The van der Waals surface area contributed by atoms with Crippen molar-refractivity contribution in [2.24, 2.45) is 15.8 Å². The Balaban J connectivity index is 2.34. The zero-order valence-electron chi connectivity index (χ0n) is 8.49. The normalized spacial score (nSPS) is 42.1. The van der Waals surface area contributed by atoms with E-state index in [-0.39, 0.29) is 10.8 Å². The summed E-state index contributed by atoms with van der Waals surface area (Å²) >= 11 is 0. The fourth-order valence-corrected chi connectivity index (χ4v) is 2.57. The van der Waals surface area contributed by atoms with Gasteiger partial charge in [-0.25, -0.2) is 0 Å². The highest BCUT2D eigenvalue weighted by atomic mass is 14.9. The lowest BCUT2D eigenvalue weighted by Gasteiger charge is -2.34. The number of allylic oxidation sites excluding steroid dienone is 7. The number of hydrogen-bond donors (Lipinski definition) is 0. The van der Waals surface area contributed by atoms with Gasteiger partial charge in [0.25, 0.3) is 0 Å². The van der Waals surface area contributed by atoms with E-state index in [0.717, 1.165) is 0 Å². The molecule has 0 amide bonds. The monoisotopic (exact) mass is 183 g/mol. The average molecular weight is 183 g/mol. The third kappa shape index (κ3) is 0.661. The minimum absolute atomic E-state index is 0.0660. The fraction of sp³-hybridized carbons (Fsp3) is 0.308. The van der Waals surface area contributed by atoms with E-state index in [1.165, 1.54) is 11.3 Å². The maximum Gasteiger partial charge on any atom is 0.0515 e. The topological polar surface area (TPSA) is 12.4 Å². The van der Waals surface area contributed by atoms with Crippen LogP contribution in [0.4, 0.5) is 0 Å². The quantitative estimate of drug-likeness (QED) is 0.547. The van der Waals surface area contributed by atoms with Gasteiger partial charge in [0.1, 0.15) is 0 Å². The van der Waals surface area contributed by atoms with Crippen molar-refractivity contribution >= 4 is 6.21 Å². The summed E-state index contributed by atoms with van der Waals surface area (Å²) in [6, 6.07) is 0. The van der Waals surface area contributed by atoms with Gasteiger partial charge in [-0.1, -0.05) is 30.4 Å². The van der Waals surface area contributed by atoms with Crippen molar-refractivity contribution in [1.29, 1.82) is 0 Å². The fourth-order valence-electron chi connectivity index (χ4n) is 2.57. The number of rotatable bonds is 0. The van der Waals surface area contributed by atoms with E-state index in [1.54, 1.807) is 0 Å². The molecule has 2 unspecified atom stereocenters. The Kier molecular flexibility index (Phi) is 1.23. The molecule has 0 spiro atoms. The van der Waals surface area contributed by atoms with Crippen LogP contribution in [0.2, 0.25) is 0 Å². The van der Waals surface area contributed by atoms with Gasteiger partial charge in [0.15, 0.2) is 0 Å². The van der Waals surface area contributed by atoms with E-state index >= 15 is 0 Å². The van der Waals surface area contributed by atoms with Gasteiger partial charge in [-0.2, -0.15) is 0 Å². The van der Waals surface area contributed by atoms with E-state index in [2.05, 4.69) is 61.5 Å². The zero-order valence-corrected chi connectivity index (χ0v) is 8.49. The van der Waals surface area contributed by atoms with Gasteiger partial charge in [0.05, 0.1) is 5.70 Å². The molecule has 0 aromatic heterocycles. The molecule has 2 aliphatic carbocycles. The molecule has 3 rings (SSSR count). The number of nitrogens with zero attached hydrogens (tertiary/aromatic N) is 1. The van der Waals surface area contributed by atoms with Crippen LogP contribution in [0, 0.1) is 10.8 Å². The minimum atomic E-state index is 0.0660. The predicted octanol–water partition coefficient (Wildman–Crippen LogP) is 3.03. The maximum atomic E-state index is 4.54. The lowest BCUT2D eigenvalue weighted by atomic mass is 9.66. The summed E-state index contributed by atoms with van der Waals surface area (Å²) in [5.74, 6) is 0. The number of hydrogen-bond acceptors (Lipinski definition) is 1. The molecule has 70 valence electrons. The van der Waals surface area contributed by atoms with Crippen LogP contribution in [0.5, 0.6) is 0 Å². The van der Waals surface area contributed by atoms with E-state index in [9.17, 15) is 0 Å². The molecule has 0 saturated carbocycles. The second kappa shape index (κ2) is 2.17. The molecular weight excluding hydrogens is 170 g/mol. The van der Waals surface area contributed by atoms with Crippen molar-refractivity contribution in [2.75, 3.05) is 0 Å². The summed E-state index contributed by atoms with van der Waals surface area (Å²) < 4.78 is 0. The molecule has 0 aromatic carbocycles. The molecule has 2 atom stereocenters. The molecule has 14 heavy (non-hydrogen) atoms. The lowest BCUT2D eigenvalue weighted by Crippen LogP contribution is -2.31. The summed E-state index contributed by atoms with van der Waals surface area (Å²) in [6.45, 7) is 4.53. The Morgan fingerprint density at radius 3 is 2.79 bits per heavy atom. The van der Waals surface area contributed by atoms with Gasteiger partial charge < -0.3 is 0 Å². The van der Waals surface area contributed by atoms with Crippen LogP contribution >= 0.6 is 0 Å². The zero-order chi connectivity index (χ0) is 9.81. The van der Waals surface area contributed by atoms with Crippen LogP contribution in [0.3, 0.4) is 0 Å². The van der Waals surface area contributed by atoms with Crippen molar-refractivity contribution in [2.45, 2.75) is 13.8 Å². The summed E-state index contributed by atoms with van der Waals surface area (Å²) in [6.07, 6.45) is 15.1. The second-order valence-electron chi connectivity index (χ2n) is 4.56. The summed E-state index contributed by atoms with van der Waals surface area (Å²) in [5, 5.41) is 0. The first-order chi connectivity index (χ1) is 6.67. The van der Waals surface area contributed by atoms with Gasteiger partial charge >= 0.3 is 0 Å². The third-order valence-corrected chi connectivity index (χ3v) is 3.89. The molecule has 0 bridgehead atoms. The van der Waals surface area contributed by atoms with Crippen molar-refractivity contribution in [3.63, 3.8) is 0 Å². The van der Waals surface area contributed by atoms with Crippen molar-refractivity contribution in [3.05, 3.63) is 47.7 Å². The third-order valence-electron chi connectivity index (χ3n) is 3.89. The Morgan fingerprint density at radius 2 is 1.93 bits per heavy atom. The first-order valence-corrected chi connectivity index (χ1v) is 5.01. The van der Waals surface area contributed by atoms with Crippen molar-refractivity contribution in [3.8, 4) is 0 Å². The van der Waals surface area contributed by atoms with E-state index in [0.29, 0.717) is 0 Å². The lowest BCUT2D eigenvalue weighted by molar-refractivity contribution is 0.351. The summed E-state index contributed by atoms with van der Waals surface area (Å²) in [5.41, 5.74) is 2.70. The van der Waals surface area contributed by atoms with Crippen LogP contribution in [0.1, 0.15) is 13.8 Å².